The minimum Gasteiger partial charge on any atom is -0.377 e. The van der Waals surface area contributed by atoms with E-state index in [0.717, 1.165) is 12.8 Å². The molecule has 1 unspecified atom stereocenters. The van der Waals surface area contributed by atoms with E-state index in [-0.39, 0.29) is 23.8 Å². The first kappa shape index (κ1) is 12.6. The Morgan fingerprint density at radius 2 is 2.21 bits per heavy atom. The van der Waals surface area contributed by atoms with Crippen LogP contribution in [0.3, 0.4) is 0 Å². The Hall–Kier alpha value is -1.43. The first-order valence-electron chi connectivity index (χ1n) is 6.88. The van der Waals surface area contributed by atoms with Gasteiger partial charge >= 0.3 is 0 Å². The van der Waals surface area contributed by atoms with Crippen LogP contribution in [-0.2, 0) is 9.53 Å². The van der Waals surface area contributed by atoms with Gasteiger partial charge in [0.15, 0.2) is 5.82 Å². The molecule has 6 heteroatoms. The highest BCUT2D eigenvalue weighted by Crippen LogP contribution is 2.34. The smallest absolute Gasteiger partial charge is 0.229 e. The number of rotatable bonds is 3. The molecule has 19 heavy (non-hydrogen) atoms. The summed E-state index contributed by atoms with van der Waals surface area (Å²) in [5.41, 5.74) is 0. The molecule has 1 amide bonds. The molecule has 2 heterocycles. The van der Waals surface area contributed by atoms with E-state index in [9.17, 15) is 4.79 Å². The Morgan fingerprint density at radius 1 is 1.42 bits per heavy atom. The number of nitrogens with zero attached hydrogens (tertiary/aromatic N) is 3. The molecule has 0 bridgehead atoms. The number of morpholine rings is 1. The maximum absolute atomic E-state index is 12.3. The molecule has 2 fully saturated rings. The zero-order chi connectivity index (χ0) is 13.4. The van der Waals surface area contributed by atoms with Crippen LogP contribution in [0, 0.1) is 5.92 Å². The molecule has 2 aliphatic rings. The Labute approximate surface area is 112 Å². The molecule has 1 saturated carbocycles. The number of ether oxygens (including phenoxy) is 1. The molecular formula is C13H19N3O3. The average molecular weight is 265 g/mol. The van der Waals surface area contributed by atoms with Crippen LogP contribution in [0.5, 0.6) is 0 Å². The van der Waals surface area contributed by atoms with Gasteiger partial charge in [0.05, 0.1) is 13.2 Å². The lowest BCUT2D eigenvalue weighted by Crippen LogP contribution is -2.44. The second kappa shape index (κ2) is 4.92. The summed E-state index contributed by atoms with van der Waals surface area (Å²) in [7, 11) is 0. The van der Waals surface area contributed by atoms with Crippen molar-refractivity contribution >= 4 is 5.91 Å². The molecule has 104 valence electrons. The summed E-state index contributed by atoms with van der Waals surface area (Å²) in [5.74, 6) is 1.79. The lowest BCUT2D eigenvalue weighted by atomic mass is 10.2. The number of hydrogen-bond donors (Lipinski definition) is 0. The van der Waals surface area contributed by atoms with Gasteiger partial charge in [-0.15, -0.1) is 0 Å². The summed E-state index contributed by atoms with van der Waals surface area (Å²) < 4.78 is 10.7. The lowest BCUT2D eigenvalue weighted by molar-refractivity contribution is -0.142. The highest BCUT2D eigenvalue weighted by Gasteiger charge is 2.39. The van der Waals surface area contributed by atoms with E-state index in [0.29, 0.717) is 31.5 Å². The van der Waals surface area contributed by atoms with E-state index in [1.54, 1.807) is 0 Å². The Balaban J connectivity index is 1.80. The first-order chi connectivity index (χ1) is 9.16. The van der Waals surface area contributed by atoms with Gasteiger partial charge in [0.1, 0.15) is 6.04 Å². The third kappa shape index (κ3) is 2.49. The van der Waals surface area contributed by atoms with Gasteiger partial charge in [-0.05, 0) is 12.8 Å². The zero-order valence-electron chi connectivity index (χ0n) is 11.3. The fraction of sp³-hybridized carbons (Fsp3) is 0.769. The normalized spacial score (nSPS) is 23.9. The quantitative estimate of drug-likeness (QED) is 0.828. The lowest BCUT2D eigenvalue weighted by Gasteiger charge is -2.33. The van der Waals surface area contributed by atoms with Crippen LogP contribution in [0.1, 0.15) is 50.4 Å². The molecule has 1 aromatic rings. The highest BCUT2D eigenvalue weighted by molar-refractivity contribution is 5.81. The van der Waals surface area contributed by atoms with E-state index >= 15 is 0 Å². The maximum Gasteiger partial charge on any atom is 0.229 e. The Kier molecular flexibility index (Phi) is 3.26. The fourth-order valence-corrected chi connectivity index (χ4v) is 2.26. The van der Waals surface area contributed by atoms with Crippen LogP contribution < -0.4 is 0 Å². The van der Waals surface area contributed by atoms with Crippen LogP contribution in [-0.4, -0.2) is 40.7 Å². The van der Waals surface area contributed by atoms with Crippen LogP contribution in [0.4, 0.5) is 0 Å². The molecule has 6 nitrogen and oxygen atoms in total. The van der Waals surface area contributed by atoms with Crippen molar-refractivity contribution in [3.8, 4) is 0 Å². The molecule has 0 radical (unpaired) electrons. The van der Waals surface area contributed by atoms with Crippen LogP contribution in [0.15, 0.2) is 4.52 Å². The molecule has 0 N–H and O–H groups in total. The summed E-state index contributed by atoms with van der Waals surface area (Å²) in [6.07, 6.45) is 2.01. The van der Waals surface area contributed by atoms with Gasteiger partial charge in [0.2, 0.25) is 11.8 Å². The van der Waals surface area contributed by atoms with Gasteiger partial charge in [-0.3, -0.25) is 4.79 Å². The standard InChI is InChI=1S/C13H19N3O3/c1-8(2)12-14-11(15-19-12)10-7-18-6-5-16(10)13(17)9-3-4-9/h8-10H,3-7H2,1-2H3. The first-order valence-corrected chi connectivity index (χ1v) is 6.88. The van der Waals surface area contributed by atoms with Crippen molar-refractivity contribution in [1.29, 1.82) is 0 Å². The second-order valence-corrected chi connectivity index (χ2v) is 5.54. The fourth-order valence-electron chi connectivity index (χ4n) is 2.26. The van der Waals surface area contributed by atoms with Crippen molar-refractivity contribution in [2.75, 3.05) is 19.8 Å². The van der Waals surface area contributed by atoms with Gasteiger partial charge in [0.25, 0.3) is 0 Å². The monoisotopic (exact) mass is 265 g/mol. The summed E-state index contributed by atoms with van der Waals surface area (Å²) >= 11 is 0. The van der Waals surface area contributed by atoms with Gasteiger partial charge in [-0.1, -0.05) is 19.0 Å². The maximum atomic E-state index is 12.3. The molecule has 1 saturated heterocycles. The molecule has 0 aromatic carbocycles. The predicted octanol–water partition coefficient (Wildman–Crippen LogP) is 1.50. The van der Waals surface area contributed by atoms with Gasteiger partial charge in [0, 0.05) is 18.4 Å². The van der Waals surface area contributed by atoms with Crippen LogP contribution in [0.2, 0.25) is 0 Å². The molecular weight excluding hydrogens is 246 g/mol. The van der Waals surface area contributed by atoms with Crippen molar-refractivity contribution < 1.29 is 14.1 Å². The largest absolute Gasteiger partial charge is 0.377 e. The summed E-state index contributed by atoms with van der Waals surface area (Å²) in [4.78, 5) is 18.5. The van der Waals surface area contributed by atoms with E-state index in [1.807, 2.05) is 18.7 Å². The number of carbonyl (C=O) groups excluding carboxylic acids is 1. The van der Waals surface area contributed by atoms with Crippen molar-refractivity contribution in [2.24, 2.45) is 5.92 Å². The number of amides is 1. The summed E-state index contributed by atoms with van der Waals surface area (Å²) in [6, 6.07) is -0.196. The SMILES string of the molecule is CC(C)c1nc(C2COCCN2C(=O)C2CC2)no1. The van der Waals surface area contributed by atoms with E-state index in [2.05, 4.69) is 10.1 Å². The topological polar surface area (TPSA) is 68.5 Å². The molecule has 1 aliphatic carbocycles. The summed E-state index contributed by atoms with van der Waals surface area (Å²) in [5, 5.41) is 4.01. The molecule has 1 aliphatic heterocycles. The molecule has 0 spiro atoms. The minimum atomic E-state index is -0.196. The zero-order valence-corrected chi connectivity index (χ0v) is 11.3. The number of hydrogen-bond acceptors (Lipinski definition) is 5. The highest BCUT2D eigenvalue weighted by atomic mass is 16.5. The van der Waals surface area contributed by atoms with E-state index < -0.39 is 0 Å². The van der Waals surface area contributed by atoms with Crippen molar-refractivity contribution in [3.63, 3.8) is 0 Å². The Bertz CT molecular complexity index is 467. The predicted molar refractivity (Wildman–Crippen MR) is 66.4 cm³/mol. The van der Waals surface area contributed by atoms with Gasteiger partial charge in [-0.2, -0.15) is 4.98 Å². The van der Waals surface area contributed by atoms with Crippen molar-refractivity contribution in [2.45, 2.75) is 38.6 Å². The van der Waals surface area contributed by atoms with E-state index in [4.69, 9.17) is 9.26 Å². The average Bonchev–Trinajstić information content (AvgIpc) is 3.14. The van der Waals surface area contributed by atoms with Crippen LogP contribution in [0.25, 0.3) is 0 Å². The number of carbonyl (C=O) groups is 1. The Morgan fingerprint density at radius 3 is 2.84 bits per heavy atom. The molecule has 1 atom stereocenters. The van der Waals surface area contributed by atoms with Crippen molar-refractivity contribution in [1.82, 2.24) is 15.0 Å². The molecule has 3 rings (SSSR count). The number of aromatic nitrogens is 2. The third-order valence-corrected chi connectivity index (χ3v) is 3.59. The van der Waals surface area contributed by atoms with Crippen LogP contribution >= 0.6 is 0 Å². The second-order valence-electron chi connectivity index (χ2n) is 5.54. The third-order valence-electron chi connectivity index (χ3n) is 3.59. The minimum absolute atomic E-state index is 0.193. The summed E-state index contributed by atoms with van der Waals surface area (Å²) in [6.45, 7) is 5.66. The van der Waals surface area contributed by atoms with Gasteiger partial charge in [-0.25, -0.2) is 0 Å². The van der Waals surface area contributed by atoms with E-state index in [1.165, 1.54) is 0 Å². The molecule has 1 aromatic heterocycles. The van der Waals surface area contributed by atoms with Crippen molar-refractivity contribution in [3.05, 3.63) is 11.7 Å². The van der Waals surface area contributed by atoms with Gasteiger partial charge < -0.3 is 14.2 Å².